The van der Waals surface area contributed by atoms with E-state index in [9.17, 15) is 8.42 Å². The molecule has 0 saturated carbocycles. The lowest BCUT2D eigenvalue weighted by Gasteiger charge is -1.98. The average Bonchev–Trinajstić information content (AvgIpc) is 1.99. The number of sulfonamides is 1. The molecule has 0 radical (unpaired) electrons. The van der Waals surface area contributed by atoms with Gasteiger partial charge in [0.1, 0.15) is 6.67 Å². The van der Waals surface area contributed by atoms with Crippen LogP contribution in [0.15, 0.2) is 4.99 Å². The van der Waals surface area contributed by atoms with E-state index in [1.54, 1.807) is 12.5 Å². The Labute approximate surface area is 71.5 Å². The first-order valence-corrected chi connectivity index (χ1v) is 6.05. The number of hydrogen-bond acceptors (Lipinski definition) is 4. The van der Waals surface area contributed by atoms with Gasteiger partial charge in [0.15, 0.2) is 0 Å². The van der Waals surface area contributed by atoms with E-state index < -0.39 is 10.0 Å². The first-order valence-electron chi connectivity index (χ1n) is 3.11. The number of nitrogens with one attached hydrogen (secondary N) is 1. The molecule has 6 heteroatoms. The van der Waals surface area contributed by atoms with E-state index in [1.165, 1.54) is 11.8 Å². The summed E-state index contributed by atoms with van der Waals surface area (Å²) in [4.78, 5) is 3.77. The molecule has 11 heavy (non-hydrogen) atoms. The van der Waals surface area contributed by atoms with E-state index in [4.69, 9.17) is 0 Å². The van der Waals surface area contributed by atoms with Crippen LogP contribution in [-0.2, 0) is 10.0 Å². The molecule has 0 aliphatic rings. The second-order valence-corrected chi connectivity index (χ2v) is 4.51. The average molecular weight is 196 g/mol. The van der Waals surface area contributed by atoms with E-state index >= 15 is 0 Å². The summed E-state index contributed by atoms with van der Waals surface area (Å²) in [7, 11) is -3.07. The molecule has 0 rings (SSSR count). The molecule has 0 spiro atoms. The van der Waals surface area contributed by atoms with E-state index in [0.717, 1.165) is 0 Å². The molecule has 0 atom stereocenters. The van der Waals surface area contributed by atoms with Crippen molar-refractivity contribution >= 4 is 27.3 Å². The Balaban J connectivity index is 3.63. The molecule has 0 heterocycles. The third-order valence-electron chi connectivity index (χ3n) is 0.936. The molecule has 0 aromatic heterocycles. The van der Waals surface area contributed by atoms with Crippen LogP contribution in [0, 0.1) is 0 Å². The fourth-order valence-corrected chi connectivity index (χ4v) is 1.05. The Morgan fingerprint density at radius 2 is 2.27 bits per heavy atom. The minimum atomic E-state index is -3.07. The van der Waals surface area contributed by atoms with Crippen molar-refractivity contribution in [2.75, 3.05) is 18.7 Å². The fourth-order valence-electron chi connectivity index (χ4n) is 0.349. The van der Waals surface area contributed by atoms with Crippen molar-refractivity contribution in [3.63, 3.8) is 0 Å². The van der Waals surface area contributed by atoms with Crippen molar-refractivity contribution in [3.05, 3.63) is 0 Å². The Bertz CT molecular complexity index is 211. The number of rotatable bonds is 5. The van der Waals surface area contributed by atoms with Gasteiger partial charge in [0, 0.05) is 0 Å². The number of nitrogens with zero attached hydrogens (tertiary/aromatic N) is 1. The predicted octanol–water partition coefficient (Wildman–Crippen LogP) is 0.275. The second-order valence-electron chi connectivity index (χ2n) is 1.73. The van der Waals surface area contributed by atoms with Gasteiger partial charge in [-0.05, 0) is 13.2 Å². The molecule has 0 aliphatic heterocycles. The lowest BCUT2D eigenvalue weighted by Crippen LogP contribution is -2.25. The van der Waals surface area contributed by atoms with Gasteiger partial charge < -0.3 is 0 Å². The molecule has 0 amide bonds. The molecule has 4 nitrogen and oxygen atoms in total. The maximum atomic E-state index is 10.8. The molecule has 0 aromatic carbocycles. The quantitative estimate of drug-likeness (QED) is 0.507. The van der Waals surface area contributed by atoms with Crippen molar-refractivity contribution in [2.45, 2.75) is 6.92 Å². The van der Waals surface area contributed by atoms with Crippen LogP contribution in [0.1, 0.15) is 6.92 Å². The summed E-state index contributed by atoms with van der Waals surface area (Å²) >= 11 is 1.43. The topological polar surface area (TPSA) is 58.5 Å². The van der Waals surface area contributed by atoms with Crippen molar-refractivity contribution in [1.82, 2.24) is 4.72 Å². The number of aliphatic imine (C=N–C) groups is 1. The van der Waals surface area contributed by atoms with Gasteiger partial charge in [0.2, 0.25) is 10.0 Å². The first kappa shape index (κ1) is 10.9. The summed E-state index contributed by atoms with van der Waals surface area (Å²) in [5.41, 5.74) is 1.60. The minimum absolute atomic E-state index is 0.0990. The third-order valence-corrected chi connectivity index (χ3v) is 2.62. The zero-order chi connectivity index (χ0) is 8.74. The Morgan fingerprint density at radius 1 is 1.64 bits per heavy atom. The van der Waals surface area contributed by atoms with Crippen LogP contribution in [0.5, 0.6) is 0 Å². The smallest absolute Gasteiger partial charge is 0.212 e. The number of thioether (sulfide) groups is 1. The molecular weight excluding hydrogens is 184 g/mol. The number of hydrogen-bond donors (Lipinski definition) is 1. The molecule has 0 saturated heterocycles. The standard InChI is InChI=1S/C5H12N2O2S2/c1-3-11(8,9)7-4-6-5-10-2/h5,7H,3-4H2,1-2H3. The highest BCUT2D eigenvalue weighted by Gasteiger charge is 2.02. The van der Waals surface area contributed by atoms with Gasteiger partial charge in [-0.25, -0.2) is 8.42 Å². The van der Waals surface area contributed by atoms with Gasteiger partial charge >= 0.3 is 0 Å². The van der Waals surface area contributed by atoms with Gasteiger partial charge in [-0.15, -0.1) is 11.8 Å². The minimum Gasteiger partial charge on any atom is -0.270 e. The molecule has 0 bridgehead atoms. The van der Waals surface area contributed by atoms with Crippen LogP contribution < -0.4 is 4.72 Å². The van der Waals surface area contributed by atoms with Crippen LogP contribution in [-0.4, -0.2) is 32.6 Å². The second kappa shape index (κ2) is 5.56. The Hall–Kier alpha value is -0.0700. The largest absolute Gasteiger partial charge is 0.270 e. The van der Waals surface area contributed by atoms with E-state index in [1.807, 2.05) is 6.26 Å². The maximum absolute atomic E-state index is 10.8. The van der Waals surface area contributed by atoms with E-state index in [0.29, 0.717) is 0 Å². The van der Waals surface area contributed by atoms with Crippen molar-refractivity contribution < 1.29 is 8.42 Å². The zero-order valence-electron chi connectivity index (χ0n) is 6.57. The molecule has 0 aliphatic carbocycles. The highest BCUT2D eigenvalue weighted by molar-refractivity contribution is 8.11. The van der Waals surface area contributed by atoms with E-state index in [2.05, 4.69) is 9.71 Å². The Kier molecular flexibility index (Phi) is 5.53. The van der Waals surface area contributed by atoms with Gasteiger partial charge in [-0.2, -0.15) is 4.72 Å². The van der Waals surface area contributed by atoms with E-state index in [-0.39, 0.29) is 12.4 Å². The molecule has 0 fully saturated rings. The van der Waals surface area contributed by atoms with Crippen LogP contribution in [0.4, 0.5) is 0 Å². The summed E-state index contributed by atoms with van der Waals surface area (Å²) in [5.74, 6) is 0.0990. The molecule has 66 valence electrons. The lowest BCUT2D eigenvalue weighted by molar-refractivity contribution is 0.584. The summed E-state index contributed by atoms with van der Waals surface area (Å²) in [6, 6.07) is 0. The van der Waals surface area contributed by atoms with Gasteiger partial charge in [-0.1, -0.05) is 0 Å². The first-order chi connectivity index (χ1) is 5.12. The van der Waals surface area contributed by atoms with Crippen LogP contribution in [0.3, 0.4) is 0 Å². The van der Waals surface area contributed by atoms with Crippen LogP contribution >= 0.6 is 11.8 Å². The molecule has 1 N–H and O–H groups in total. The Morgan fingerprint density at radius 3 is 2.73 bits per heavy atom. The lowest BCUT2D eigenvalue weighted by atomic mass is 11.0. The summed E-state index contributed by atoms with van der Waals surface area (Å²) < 4.78 is 23.8. The van der Waals surface area contributed by atoms with Crippen molar-refractivity contribution in [3.8, 4) is 0 Å². The highest BCUT2D eigenvalue weighted by atomic mass is 32.2. The SMILES string of the molecule is CCS(=O)(=O)NCN=CSC. The van der Waals surface area contributed by atoms with Gasteiger partial charge in [0.05, 0.1) is 11.3 Å². The zero-order valence-corrected chi connectivity index (χ0v) is 8.20. The van der Waals surface area contributed by atoms with Crippen molar-refractivity contribution in [2.24, 2.45) is 4.99 Å². The predicted molar refractivity (Wildman–Crippen MR) is 49.5 cm³/mol. The van der Waals surface area contributed by atoms with Crippen molar-refractivity contribution in [1.29, 1.82) is 0 Å². The van der Waals surface area contributed by atoms with Gasteiger partial charge in [0.25, 0.3) is 0 Å². The monoisotopic (exact) mass is 196 g/mol. The van der Waals surface area contributed by atoms with Crippen LogP contribution in [0.2, 0.25) is 0 Å². The molecular formula is C5H12N2O2S2. The highest BCUT2D eigenvalue weighted by Crippen LogP contribution is 1.84. The summed E-state index contributed by atoms with van der Waals surface area (Å²) in [6.45, 7) is 1.72. The third kappa shape index (κ3) is 6.33. The molecule has 0 aromatic rings. The normalized spacial score (nSPS) is 12.5. The maximum Gasteiger partial charge on any atom is 0.212 e. The van der Waals surface area contributed by atoms with Gasteiger partial charge in [-0.3, -0.25) is 4.99 Å². The van der Waals surface area contributed by atoms with Crippen LogP contribution in [0.25, 0.3) is 0 Å². The summed E-state index contributed by atoms with van der Waals surface area (Å²) in [5, 5.41) is 0. The fraction of sp³-hybridized carbons (Fsp3) is 0.800. The summed E-state index contributed by atoms with van der Waals surface area (Å²) in [6.07, 6.45) is 1.86. The molecule has 0 unspecified atom stereocenters.